The van der Waals surface area contributed by atoms with Gasteiger partial charge in [0, 0.05) is 17.3 Å². The predicted molar refractivity (Wildman–Crippen MR) is 115 cm³/mol. The third-order valence-electron chi connectivity index (χ3n) is 4.19. The van der Waals surface area contributed by atoms with E-state index < -0.39 is 23.5 Å². The number of rotatable bonds is 9. The van der Waals surface area contributed by atoms with Crippen molar-refractivity contribution in [2.45, 2.75) is 53.5 Å². The molecule has 0 aliphatic carbocycles. The Morgan fingerprint density at radius 3 is 2.45 bits per heavy atom. The summed E-state index contributed by atoms with van der Waals surface area (Å²) in [4.78, 5) is 39.2. The molecule has 0 aliphatic heterocycles. The summed E-state index contributed by atoms with van der Waals surface area (Å²) in [5.74, 6) is -0.784. The van der Waals surface area contributed by atoms with E-state index in [9.17, 15) is 14.4 Å². The fraction of sp³-hybridized carbons (Fsp3) is 0.571. The van der Waals surface area contributed by atoms with Gasteiger partial charge in [0.1, 0.15) is 12.6 Å². The van der Waals surface area contributed by atoms with Gasteiger partial charge in [-0.1, -0.05) is 51.8 Å². The van der Waals surface area contributed by atoms with E-state index in [0.29, 0.717) is 17.3 Å². The number of amides is 3. The number of anilines is 1. The first-order valence-corrected chi connectivity index (χ1v) is 10.2. The van der Waals surface area contributed by atoms with Crippen LogP contribution in [0.5, 0.6) is 0 Å². The number of esters is 1. The van der Waals surface area contributed by atoms with Crippen molar-refractivity contribution in [2.24, 2.45) is 5.41 Å². The topological polar surface area (TPSA) is 87.7 Å². The molecule has 0 aliphatic rings. The average molecular weight is 426 g/mol. The number of unbranched alkanes of at least 4 members (excludes halogenated alkanes) is 1. The van der Waals surface area contributed by atoms with Gasteiger partial charge >= 0.3 is 12.0 Å². The van der Waals surface area contributed by atoms with Gasteiger partial charge in [-0.15, -0.1) is 0 Å². The molecule has 1 atom stereocenters. The zero-order valence-electron chi connectivity index (χ0n) is 17.9. The van der Waals surface area contributed by atoms with Crippen molar-refractivity contribution >= 4 is 35.2 Å². The van der Waals surface area contributed by atoms with E-state index in [2.05, 4.69) is 10.6 Å². The number of ether oxygens (including phenoxy) is 1. The zero-order chi connectivity index (χ0) is 22.0. The molecule has 8 heteroatoms. The van der Waals surface area contributed by atoms with Crippen LogP contribution < -0.4 is 10.6 Å². The van der Waals surface area contributed by atoms with Crippen molar-refractivity contribution in [3.8, 4) is 0 Å². The highest BCUT2D eigenvalue weighted by molar-refractivity contribution is 6.30. The van der Waals surface area contributed by atoms with Gasteiger partial charge in [-0.3, -0.25) is 9.59 Å². The van der Waals surface area contributed by atoms with E-state index in [1.165, 1.54) is 4.90 Å². The smallest absolute Gasteiger partial charge is 0.325 e. The minimum atomic E-state index is -0.826. The summed E-state index contributed by atoms with van der Waals surface area (Å²) in [7, 11) is 0. The van der Waals surface area contributed by atoms with E-state index in [1.54, 1.807) is 31.2 Å². The lowest BCUT2D eigenvalue weighted by Gasteiger charge is -2.34. The summed E-state index contributed by atoms with van der Waals surface area (Å²) in [6.45, 7) is 9.82. The second kappa shape index (κ2) is 11.7. The fourth-order valence-corrected chi connectivity index (χ4v) is 2.86. The second-order valence-electron chi connectivity index (χ2n) is 7.83. The van der Waals surface area contributed by atoms with Gasteiger partial charge in [0.05, 0.1) is 6.61 Å². The molecule has 2 N–H and O–H groups in total. The lowest BCUT2D eigenvalue weighted by Crippen LogP contribution is -2.56. The van der Waals surface area contributed by atoms with Gasteiger partial charge in [0.15, 0.2) is 0 Å². The van der Waals surface area contributed by atoms with Crippen molar-refractivity contribution < 1.29 is 19.1 Å². The first-order chi connectivity index (χ1) is 13.6. The summed E-state index contributed by atoms with van der Waals surface area (Å²) >= 11 is 5.94. The van der Waals surface area contributed by atoms with Crippen LogP contribution >= 0.6 is 11.6 Å². The zero-order valence-corrected chi connectivity index (χ0v) is 18.6. The minimum Gasteiger partial charge on any atom is -0.465 e. The maximum atomic E-state index is 13.2. The van der Waals surface area contributed by atoms with E-state index in [-0.39, 0.29) is 19.1 Å². The highest BCUT2D eigenvalue weighted by Gasteiger charge is 2.36. The molecule has 0 radical (unpaired) electrons. The van der Waals surface area contributed by atoms with Crippen LogP contribution in [-0.2, 0) is 14.3 Å². The Labute approximate surface area is 178 Å². The molecular formula is C21H32ClN3O4. The lowest BCUT2D eigenvalue weighted by molar-refractivity contribution is -0.150. The molecule has 1 rings (SSSR count). The van der Waals surface area contributed by atoms with Crippen LogP contribution in [0.25, 0.3) is 0 Å². The molecule has 7 nitrogen and oxygen atoms in total. The standard InChI is InChI=1S/C21H32ClN3O4/c1-6-8-12-25(14-17(26)29-7-2)19(27)18(21(3,4)5)24-20(28)23-16-11-9-10-15(22)13-16/h9-11,13,18H,6-8,12,14H2,1-5H3,(H2,23,24,28)/t18-/m1/s1. The van der Waals surface area contributed by atoms with E-state index in [0.717, 1.165) is 12.8 Å². The number of nitrogens with zero attached hydrogens (tertiary/aromatic N) is 1. The summed E-state index contributed by atoms with van der Waals surface area (Å²) in [5, 5.41) is 5.93. The van der Waals surface area contributed by atoms with Crippen LogP contribution in [0.3, 0.4) is 0 Å². The van der Waals surface area contributed by atoms with E-state index in [4.69, 9.17) is 16.3 Å². The molecule has 3 amide bonds. The Morgan fingerprint density at radius 2 is 1.90 bits per heavy atom. The molecule has 0 saturated carbocycles. The van der Waals surface area contributed by atoms with Gasteiger partial charge in [-0.05, 0) is 37.0 Å². The molecular weight excluding hydrogens is 394 g/mol. The molecule has 1 aromatic carbocycles. The quantitative estimate of drug-likeness (QED) is 0.584. The molecule has 0 heterocycles. The van der Waals surface area contributed by atoms with Crippen LogP contribution in [0.2, 0.25) is 5.02 Å². The van der Waals surface area contributed by atoms with Gasteiger partial charge in [0.25, 0.3) is 0 Å². The SMILES string of the molecule is CCCCN(CC(=O)OCC)C(=O)[C@@H](NC(=O)Nc1cccc(Cl)c1)C(C)(C)C. The molecule has 1 aromatic rings. The van der Waals surface area contributed by atoms with Crippen LogP contribution in [0.1, 0.15) is 47.5 Å². The monoisotopic (exact) mass is 425 g/mol. The molecule has 0 saturated heterocycles. The number of nitrogens with one attached hydrogen (secondary N) is 2. The van der Waals surface area contributed by atoms with Gasteiger partial charge in [0.2, 0.25) is 5.91 Å². The molecule has 0 unspecified atom stereocenters. The summed E-state index contributed by atoms with van der Waals surface area (Å²) in [5.41, 5.74) is -0.0495. The van der Waals surface area contributed by atoms with Crippen molar-refractivity contribution in [2.75, 3.05) is 25.0 Å². The second-order valence-corrected chi connectivity index (χ2v) is 8.26. The van der Waals surface area contributed by atoms with Gasteiger partial charge in [-0.2, -0.15) is 0 Å². The van der Waals surface area contributed by atoms with Crippen molar-refractivity contribution in [1.82, 2.24) is 10.2 Å². The largest absolute Gasteiger partial charge is 0.465 e. The Morgan fingerprint density at radius 1 is 1.21 bits per heavy atom. The van der Waals surface area contributed by atoms with Gasteiger partial charge < -0.3 is 20.3 Å². The van der Waals surface area contributed by atoms with Crippen molar-refractivity contribution in [3.63, 3.8) is 0 Å². The maximum Gasteiger partial charge on any atom is 0.325 e. The van der Waals surface area contributed by atoms with Crippen LogP contribution in [-0.4, -0.2) is 48.5 Å². The van der Waals surface area contributed by atoms with E-state index >= 15 is 0 Å². The van der Waals surface area contributed by atoms with Crippen LogP contribution in [0.4, 0.5) is 10.5 Å². The minimum absolute atomic E-state index is 0.142. The van der Waals surface area contributed by atoms with E-state index in [1.807, 2.05) is 27.7 Å². The normalized spacial score (nSPS) is 12.1. The molecule has 29 heavy (non-hydrogen) atoms. The maximum absolute atomic E-state index is 13.2. The predicted octanol–water partition coefficient (Wildman–Crippen LogP) is 4.07. The highest BCUT2D eigenvalue weighted by Crippen LogP contribution is 2.22. The Kier molecular flexibility index (Phi) is 9.95. The van der Waals surface area contributed by atoms with Gasteiger partial charge in [-0.25, -0.2) is 4.79 Å². The first kappa shape index (κ1) is 24.8. The summed E-state index contributed by atoms with van der Waals surface area (Å²) in [6, 6.07) is 5.39. The number of halogens is 1. The number of carbonyl (C=O) groups excluding carboxylic acids is 3. The number of urea groups is 1. The molecule has 0 bridgehead atoms. The number of hydrogen-bond acceptors (Lipinski definition) is 4. The third-order valence-corrected chi connectivity index (χ3v) is 4.42. The Balaban J connectivity index is 2.96. The fourth-order valence-electron chi connectivity index (χ4n) is 2.67. The summed E-state index contributed by atoms with van der Waals surface area (Å²) < 4.78 is 4.99. The number of hydrogen-bond donors (Lipinski definition) is 2. The van der Waals surface area contributed by atoms with Crippen molar-refractivity contribution in [1.29, 1.82) is 0 Å². The molecule has 162 valence electrons. The number of carbonyl (C=O) groups is 3. The Hall–Kier alpha value is -2.28. The first-order valence-electron chi connectivity index (χ1n) is 9.86. The lowest BCUT2D eigenvalue weighted by atomic mass is 9.85. The summed E-state index contributed by atoms with van der Waals surface area (Å²) in [6.07, 6.45) is 1.62. The number of benzene rings is 1. The average Bonchev–Trinajstić information content (AvgIpc) is 2.62. The molecule has 0 fully saturated rings. The van der Waals surface area contributed by atoms with Crippen LogP contribution in [0.15, 0.2) is 24.3 Å². The molecule has 0 spiro atoms. The van der Waals surface area contributed by atoms with Crippen molar-refractivity contribution in [3.05, 3.63) is 29.3 Å². The van der Waals surface area contributed by atoms with Crippen LogP contribution in [0, 0.1) is 5.41 Å². The third kappa shape index (κ3) is 8.73. The Bertz CT molecular complexity index is 703. The highest BCUT2D eigenvalue weighted by atomic mass is 35.5. The molecule has 0 aromatic heterocycles.